The highest BCUT2D eigenvalue weighted by atomic mass is 16.5. The SMILES string of the molecule is CC(CO)CNCC1CCC=CO1. The maximum Gasteiger partial charge on any atom is 0.110 e. The molecule has 0 aromatic rings. The Morgan fingerprint density at radius 1 is 1.69 bits per heavy atom. The fourth-order valence-electron chi connectivity index (χ4n) is 1.29. The van der Waals surface area contributed by atoms with Gasteiger partial charge in [-0.15, -0.1) is 0 Å². The minimum Gasteiger partial charge on any atom is -0.497 e. The van der Waals surface area contributed by atoms with Crippen LogP contribution in [0.3, 0.4) is 0 Å². The van der Waals surface area contributed by atoms with Crippen molar-refractivity contribution in [2.75, 3.05) is 19.7 Å². The van der Waals surface area contributed by atoms with Crippen LogP contribution in [0.15, 0.2) is 12.3 Å². The zero-order chi connectivity index (χ0) is 9.52. The molecular weight excluding hydrogens is 166 g/mol. The van der Waals surface area contributed by atoms with Gasteiger partial charge in [-0.1, -0.05) is 6.92 Å². The maximum atomic E-state index is 8.79. The van der Waals surface area contributed by atoms with E-state index in [9.17, 15) is 0 Å². The van der Waals surface area contributed by atoms with E-state index >= 15 is 0 Å². The van der Waals surface area contributed by atoms with Crippen LogP contribution >= 0.6 is 0 Å². The summed E-state index contributed by atoms with van der Waals surface area (Å²) in [6.45, 7) is 4.02. The van der Waals surface area contributed by atoms with Crippen LogP contribution < -0.4 is 5.32 Å². The van der Waals surface area contributed by atoms with Crippen molar-refractivity contribution in [3.8, 4) is 0 Å². The summed E-state index contributed by atoms with van der Waals surface area (Å²) >= 11 is 0. The largest absolute Gasteiger partial charge is 0.497 e. The summed E-state index contributed by atoms with van der Waals surface area (Å²) in [5, 5.41) is 12.1. The lowest BCUT2D eigenvalue weighted by Crippen LogP contribution is -2.32. The van der Waals surface area contributed by atoms with E-state index in [4.69, 9.17) is 9.84 Å². The zero-order valence-corrected chi connectivity index (χ0v) is 8.20. The fraction of sp³-hybridized carbons (Fsp3) is 0.800. The predicted molar refractivity (Wildman–Crippen MR) is 52.4 cm³/mol. The van der Waals surface area contributed by atoms with Gasteiger partial charge in [0.1, 0.15) is 6.10 Å². The summed E-state index contributed by atoms with van der Waals surface area (Å²) in [5.41, 5.74) is 0. The van der Waals surface area contributed by atoms with Crippen molar-refractivity contribution in [2.45, 2.75) is 25.9 Å². The Morgan fingerprint density at radius 2 is 2.54 bits per heavy atom. The van der Waals surface area contributed by atoms with Gasteiger partial charge >= 0.3 is 0 Å². The van der Waals surface area contributed by atoms with Crippen LogP contribution in [0.2, 0.25) is 0 Å². The molecule has 0 saturated carbocycles. The van der Waals surface area contributed by atoms with Crippen LogP contribution in [0.4, 0.5) is 0 Å². The van der Waals surface area contributed by atoms with Crippen molar-refractivity contribution in [2.24, 2.45) is 5.92 Å². The summed E-state index contributed by atoms with van der Waals surface area (Å²) in [7, 11) is 0. The van der Waals surface area contributed by atoms with Gasteiger partial charge in [0.05, 0.1) is 6.26 Å². The third-order valence-corrected chi connectivity index (χ3v) is 2.20. The minimum atomic E-state index is 0.248. The first kappa shape index (κ1) is 10.5. The second-order valence-corrected chi connectivity index (χ2v) is 3.65. The number of rotatable bonds is 5. The number of ether oxygens (including phenoxy) is 1. The molecule has 2 unspecified atom stereocenters. The maximum absolute atomic E-state index is 8.79. The van der Waals surface area contributed by atoms with Gasteiger partial charge < -0.3 is 15.2 Å². The molecule has 76 valence electrons. The molecule has 3 nitrogen and oxygen atoms in total. The van der Waals surface area contributed by atoms with E-state index in [1.165, 1.54) is 0 Å². The molecule has 1 heterocycles. The third kappa shape index (κ3) is 4.29. The summed E-state index contributed by atoms with van der Waals surface area (Å²) in [6, 6.07) is 0. The van der Waals surface area contributed by atoms with Gasteiger partial charge in [0.2, 0.25) is 0 Å². The third-order valence-electron chi connectivity index (χ3n) is 2.20. The number of nitrogens with one attached hydrogen (secondary N) is 1. The Labute approximate surface area is 79.8 Å². The molecule has 0 aromatic carbocycles. The van der Waals surface area contributed by atoms with Crippen molar-refractivity contribution in [3.63, 3.8) is 0 Å². The van der Waals surface area contributed by atoms with Crippen LogP contribution in [-0.4, -0.2) is 30.9 Å². The topological polar surface area (TPSA) is 41.5 Å². The molecule has 2 atom stereocenters. The Bertz CT molecular complexity index is 159. The number of hydrogen-bond acceptors (Lipinski definition) is 3. The van der Waals surface area contributed by atoms with Crippen LogP contribution in [-0.2, 0) is 4.74 Å². The van der Waals surface area contributed by atoms with Gasteiger partial charge in [-0.2, -0.15) is 0 Å². The first-order valence-electron chi connectivity index (χ1n) is 4.95. The number of aliphatic hydroxyl groups is 1. The van der Waals surface area contributed by atoms with E-state index in [1.807, 2.05) is 13.0 Å². The van der Waals surface area contributed by atoms with E-state index < -0.39 is 0 Å². The Hall–Kier alpha value is -0.540. The molecule has 1 aliphatic rings. The van der Waals surface area contributed by atoms with Gasteiger partial charge in [-0.05, 0) is 24.8 Å². The molecule has 1 rings (SSSR count). The fourth-order valence-corrected chi connectivity index (χ4v) is 1.29. The molecule has 0 radical (unpaired) electrons. The second kappa shape index (κ2) is 6.00. The van der Waals surface area contributed by atoms with Crippen LogP contribution in [0.1, 0.15) is 19.8 Å². The van der Waals surface area contributed by atoms with Gasteiger partial charge in [-0.3, -0.25) is 0 Å². The quantitative estimate of drug-likeness (QED) is 0.668. The van der Waals surface area contributed by atoms with Gasteiger partial charge in [0.15, 0.2) is 0 Å². The molecule has 0 aromatic heterocycles. The average Bonchev–Trinajstić information content (AvgIpc) is 2.19. The lowest BCUT2D eigenvalue weighted by atomic mass is 10.1. The van der Waals surface area contributed by atoms with E-state index in [0.717, 1.165) is 25.9 Å². The van der Waals surface area contributed by atoms with E-state index in [1.54, 1.807) is 6.26 Å². The molecule has 2 N–H and O–H groups in total. The lowest BCUT2D eigenvalue weighted by molar-refractivity contribution is 0.120. The Kier molecular flexibility index (Phi) is 4.86. The zero-order valence-electron chi connectivity index (χ0n) is 8.20. The van der Waals surface area contributed by atoms with Crippen molar-refractivity contribution < 1.29 is 9.84 Å². The summed E-state index contributed by atoms with van der Waals surface area (Å²) < 4.78 is 5.39. The number of aliphatic hydroxyl groups excluding tert-OH is 1. The summed E-state index contributed by atoms with van der Waals surface area (Å²) in [5.74, 6) is 0.333. The van der Waals surface area contributed by atoms with Crippen molar-refractivity contribution >= 4 is 0 Å². The molecule has 1 aliphatic heterocycles. The van der Waals surface area contributed by atoms with E-state index in [-0.39, 0.29) is 6.61 Å². The molecule has 13 heavy (non-hydrogen) atoms. The standard InChI is InChI=1S/C10H19NO2/c1-9(8-12)6-11-7-10-4-2-3-5-13-10/h3,5,9-12H,2,4,6-8H2,1H3. The number of hydrogen-bond donors (Lipinski definition) is 2. The van der Waals surface area contributed by atoms with E-state index in [2.05, 4.69) is 5.32 Å². The molecule has 0 aliphatic carbocycles. The molecule has 0 saturated heterocycles. The first-order chi connectivity index (χ1) is 6.33. The molecule has 0 amide bonds. The molecule has 0 bridgehead atoms. The van der Waals surface area contributed by atoms with Gasteiger partial charge in [0, 0.05) is 19.7 Å². The van der Waals surface area contributed by atoms with Crippen molar-refractivity contribution in [3.05, 3.63) is 12.3 Å². The number of allylic oxidation sites excluding steroid dienone is 1. The highest BCUT2D eigenvalue weighted by molar-refractivity contribution is 4.83. The van der Waals surface area contributed by atoms with Crippen LogP contribution in [0, 0.1) is 5.92 Å². The minimum absolute atomic E-state index is 0.248. The second-order valence-electron chi connectivity index (χ2n) is 3.65. The normalized spacial score (nSPS) is 24.0. The average molecular weight is 185 g/mol. The first-order valence-corrected chi connectivity index (χ1v) is 4.95. The monoisotopic (exact) mass is 185 g/mol. The Morgan fingerprint density at radius 3 is 3.15 bits per heavy atom. The predicted octanol–water partition coefficient (Wildman–Crippen LogP) is 0.897. The van der Waals surface area contributed by atoms with Gasteiger partial charge in [0.25, 0.3) is 0 Å². The molecule has 0 spiro atoms. The molecular formula is C10H19NO2. The smallest absolute Gasteiger partial charge is 0.110 e. The van der Waals surface area contributed by atoms with Crippen molar-refractivity contribution in [1.29, 1.82) is 0 Å². The van der Waals surface area contributed by atoms with Crippen LogP contribution in [0.5, 0.6) is 0 Å². The van der Waals surface area contributed by atoms with Gasteiger partial charge in [-0.25, -0.2) is 0 Å². The summed E-state index contributed by atoms with van der Waals surface area (Å²) in [6.07, 6.45) is 6.35. The van der Waals surface area contributed by atoms with Crippen molar-refractivity contribution in [1.82, 2.24) is 5.32 Å². The highest BCUT2D eigenvalue weighted by Gasteiger charge is 2.10. The highest BCUT2D eigenvalue weighted by Crippen LogP contribution is 2.08. The Balaban J connectivity index is 2.02. The van der Waals surface area contributed by atoms with E-state index in [0.29, 0.717) is 12.0 Å². The lowest BCUT2D eigenvalue weighted by Gasteiger charge is -2.20. The van der Waals surface area contributed by atoms with Crippen LogP contribution in [0.25, 0.3) is 0 Å². The molecule has 0 fully saturated rings. The molecule has 3 heteroatoms. The summed E-state index contributed by atoms with van der Waals surface area (Å²) in [4.78, 5) is 0.